The lowest BCUT2D eigenvalue weighted by molar-refractivity contribution is 0.145. The van der Waals surface area contributed by atoms with Crippen LogP contribution >= 0.6 is 0 Å². The quantitative estimate of drug-likeness (QED) is 0.888. The zero-order valence-corrected chi connectivity index (χ0v) is 11.2. The van der Waals surface area contributed by atoms with E-state index in [9.17, 15) is 18.3 Å². The van der Waals surface area contributed by atoms with Gasteiger partial charge in [-0.2, -0.15) is 0 Å². The summed E-state index contributed by atoms with van der Waals surface area (Å²) in [5.41, 5.74) is 7.15. The van der Waals surface area contributed by atoms with Crippen LogP contribution in [0.25, 0.3) is 0 Å². The van der Waals surface area contributed by atoms with Crippen LogP contribution in [0.1, 0.15) is 29.2 Å². The highest BCUT2D eigenvalue weighted by Crippen LogP contribution is 2.21. The summed E-state index contributed by atoms with van der Waals surface area (Å²) < 4.78 is 37.7. The highest BCUT2D eigenvalue weighted by Gasteiger charge is 2.17. The van der Waals surface area contributed by atoms with Crippen LogP contribution in [0, 0.1) is 5.82 Å². The zero-order chi connectivity index (χ0) is 15.4. The number of rotatable bonds is 5. The number of nitrogens with two attached hydrogens (primary N) is 1. The van der Waals surface area contributed by atoms with E-state index in [4.69, 9.17) is 5.73 Å². The molecule has 0 saturated carbocycles. The predicted octanol–water partition coefficient (Wildman–Crippen LogP) is 3.37. The Labute approximate surface area is 121 Å². The fourth-order valence-electron chi connectivity index (χ4n) is 2.09. The SMILES string of the molecule is NC(Cc1ccc(C(F)F)cc1)C(O)c1ccc(F)cc1. The molecule has 0 bridgehead atoms. The monoisotopic (exact) mass is 295 g/mol. The number of aliphatic hydroxyl groups is 1. The van der Waals surface area contributed by atoms with Crippen LogP contribution in [0.3, 0.4) is 0 Å². The van der Waals surface area contributed by atoms with Crippen LogP contribution in [-0.4, -0.2) is 11.1 Å². The summed E-state index contributed by atoms with van der Waals surface area (Å²) in [4.78, 5) is 0. The topological polar surface area (TPSA) is 46.2 Å². The van der Waals surface area contributed by atoms with Gasteiger partial charge in [0.2, 0.25) is 0 Å². The van der Waals surface area contributed by atoms with Gasteiger partial charge in [0.25, 0.3) is 6.43 Å². The molecule has 112 valence electrons. The first kappa shape index (κ1) is 15.5. The van der Waals surface area contributed by atoms with E-state index >= 15 is 0 Å². The lowest BCUT2D eigenvalue weighted by Gasteiger charge is -2.19. The summed E-state index contributed by atoms with van der Waals surface area (Å²) >= 11 is 0. The van der Waals surface area contributed by atoms with Crippen LogP contribution in [0.15, 0.2) is 48.5 Å². The maximum absolute atomic E-state index is 12.8. The molecule has 0 aliphatic rings. The zero-order valence-electron chi connectivity index (χ0n) is 11.2. The Kier molecular flexibility index (Phi) is 4.98. The molecule has 2 nitrogen and oxygen atoms in total. The van der Waals surface area contributed by atoms with E-state index in [-0.39, 0.29) is 11.4 Å². The van der Waals surface area contributed by atoms with Crippen molar-refractivity contribution in [2.75, 3.05) is 0 Å². The molecule has 0 aliphatic carbocycles. The molecule has 0 fully saturated rings. The molecule has 2 rings (SSSR count). The number of hydrogen-bond acceptors (Lipinski definition) is 2. The molecule has 0 heterocycles. The van der Waals surface area contributed by atoms with Gasteiger partial charge in [0.15, 0.2) is 0 Å². The number of halogens is 3. The van der Waals surface area contributed by atoms with Crippen molar-refractivity contribution in [1.29, 1.82) is 0 Å². The van der Waals surface area contributed by atoms with Crippen LogP contribution in [-0.2, 0) is 6.42 Å². The van der Waals surface area contributed by atoms with E-state index < -0.39 is 18.6 Å². The molecule has 2 aromatic rings. The summed E-state index contributed by atoms with van der Waals surface area (Å²) in [5, 5.41) is 10.1. The minimum atomic E-state index is -2.50. The first-order chi connectivity index (χ1) is 9.97. The summed E-state index contributed by atoms with van der Waals surface area (Å²) in [6, 6.07) is 10.7. The second kappa shape index (κ2) is 6.74. The lowest BCUT2D eigenvalue weighted by Crippen LogP contribution is -2.30. The van der Waals surface area contributed by atoms with Crippen LogP contribution < -0.4 is 5.73 Å². The van der Waals surface area contributed by atoms with Crippen molar-refractivity contribution in [3.63, 3.8) is 0 Å². The minimum Gasteiger partial charge on any atom is -0.387 e. The average molecular weight is 295 g/mol. The molecule has 0 saturated heterocycles. The summed E-state index contributed by atoms with van der Waals surface area (Å²) in [5.74, 6) is -0.387. The molecule has 0 aliphatic heterocycles. The third kappa shape index (κ3) is 4.06. The Morgan fingerprint density at radius 1 is 0.905 bits per heavy atom. The van der Waals surface area contributed by atoms with Crippen LogP contribution in [0.2, 0.25) is 0 Å². The highest BCUT2D eigenvalue weighted by molar-refractivity contribution is 5.25. The van der Waals surface area contributed by atoms with Crippen molar-refractivity contribution in [3.05, 3.63) is 71.0 Å². The number of hydrogen-bond donors (Lipinski definition) is 2. The van der Waals surface area contributed by atoms with Gasteiger partial charge in [-0.1, -0.05) is 36.4 Å². The van der Waals surface area contributed by atoms with Crippen molar-refractivity contribution in [2.24, 2.45) is 5.73 Å². The van der Waals surface area contributed by atoms with Gasteiger partial charge in [0.05, 0.1) is 6.10 Å². The maximum atomic E-state index is 12.8. The Morgan fingerprint density at radius 3 is 1.95 bits per heavy atom. The first-order valence-corrected chi connectivity index (χ1v) is 6.53. The van der Waals surface area contributed by atoms with Gasteiger partial charge >= 0.3 is 0 Å². The molecule has 0 spiro atoms. The Bertz CT molecular complexity index is 569. The van der Waals surface area contributed by atoms with Crippen molar-refractivity contribution in [3.8, 4) is 0 Å². The molecule has 2 atom stereocenters. The number of aliphatic hydroxyl groups excluding tert-OH is 1. The number of alkyl halides is 2. The summed E-state index contributed by atoms with van der Waals surface area (Å²) in [6.45, 7) is 0. The normalized spacial score (nSPS) is 14.2. The molecule has 2 aromatic carbocycles. The van der Waals surface area contributed by atoms with Crippen molar-refractivity contribution in [2.45, 2.75) is 25.0 Å². The molecule has 0 amide bonds. The molecular formula is C16H16F3NO. The Balaban J connectivity index is 2.03. The van der Waals surface area contributed by atoms with E-state index in [1.807, 2.05) is 0 Å². The molecule has 0 aromatic heterocycles. The summed E-state index contributed by atoms with van der Waals surface area (Å²) in [6.07, 6.45) is -3.11. The largest absolute Gasteiger partial charge is 0.387 e. The van der Waals surface area contributed by atoms with Gasteiger partial charge < -0.3 is 10.8 Å². The molecule has 3 N–H and O–H groups in total. The average Bonchev–Trinajstić information content (AvgIpc) is 2.47. The standard InChI is InChI=1S/C16H16F3NO/c17-13-7-5-11(6-8-13)15(21)14(20)9-10-1-3-12(4-2-10)16(18)19/h1-8,14-16,21H,9,20H2. The molecular weight excluding hydrogens is 279 g/mol. The molecule has 0 radical (unpaired) electrons. The second-order valence-electron chi connectivity index (χ2n) is 4.91. The minimum absolute atomic E-state index is 0.0496. The fourth-order valence-corrected chi connectivity index (χ4v) is 2.09. The molecule has 21 heavy (non-hydrogen) atoms. The van der Waals surface area contributed by atoms with Crippen LogP contribution in [0.5, 0.6) is 0 Å². The maximum Gasteiger partial charge on any atom is 0.263 e. The molecule has 5 heteroatoms. The summed E-state index contributed by atoms with van der Waals surface area (Å²) in [7, 11) is 0. The number of benzene rings is 2. The van der Waals surface area contributed by atoms with E-state index in [0.717, 1.165) is 5.56 Å². The smallest absolute Gasteiger partial charge is 0.263 e. The van der Waals surface area contributed by atoms with Gasteiger partial charge in [-0.15, -0.1) is 0 Å². The van der Waals surface area contributed by atoms with Crippen molar-refractivity contribution < 1.29 is 18.3 Å². The van der Waals surface area contributed by atoms with E-state index in [0.29, 0.717) is 12.0 Å². The Morgan fingerprint density at radius 2 is 1.43 bits per heavy atom. The third-order valence-electron chi connectivity index (χ3n) is 3.32. The van der Waals surface area contributed by atoms with Crippen molar-refractivity contribution >= 4 is 0 Å². The fraction of sp³-hybridized carbons (Fsp3) is 0.250. The first-order valence-electron chi connectivity index (χ1n) is 6.53. The van der Waals surface area contributed by atoms with Gasteiger partial charge in [-0.25, -0.2) is 13.2 Å². The van der Waals surface area contributed by atoms with Crippen molar-refractivity contribution in [1.82, 2.24) is 0 Å². The van der Waals surface area contributed by atoms with E-state index in [1.54, 1.807) is 12.1 Å². The van der Waals surface area contributed by atoms with Crippen LogP contribution in [0.4, 0.5) is 13.2 Å². The van der Waals surface area contributed by atoms with Gasteiger partial charge in [0.1, 0.15) is 5.82 Å². The third-order valence-corrected chi connectivity index (χ3v) is 3.32. The Hall–Kier alpha value is -1.85. The van der Waals surface area contributed by atoms with Gasteiger partial charge in [-0.05, 0) is 29.7 Å². The highest BCUT2D eigenvalue weighted by atomic mass is 19.3. The van der Waals surface area contributed by atoms with E-state index in [2.05, 4.69) is 0 Å². The molecule has 2 unspecified atom stereocenters. The van der Waals surface area contributed by atoms with E-state index in [1.165, 1.54) is 36.4 Å². The van der Waals surface area contributed by atoms with Gasteiger partial charge in [-0.3, -0.25) is 0 Å². The predicted molar refractivity (Wildman–Crippen MR) is 74.4 cm³/mol. The second-order valence-corrected chi connectivity index (χ2v) is 4.91. The lowest BCUT2D eigenvalue weighted by atomic mass is 9.96. The van der Waals surface area contributed by atoms with Gasteiger partial charge in [0, 0.05) is 11.6 Å².